The molecular formula is C37H32F4N12O3S. The smallest absolute Gasteiger partial charge is 0.358 e. The molecular weight excluding hydrogens is 769 g/mol. The third-order valence-electron chi connectivity index (χ3n) is 9.09. The second-order valence-corrected chi connectivity index (χ2v) is 13.3. The zero-order valence-corrected chi connectivity index (χ0v) is 31.7. The molecule has 5 heterocycles. The fourth-order valence-corrected chi connectivity index (χ4v) is 6.76. The van der Waals surface area contributed by atoms with E-state index in [9.17, 15) is 31.9 Å². The van der Waals surface area contributed by atoms with Crippen LogP contribution in [-0.2, 0) is 15.8 Å². The van der Waals surface area contributed by atoms with Crippen molar-refractivity contribution in [2.45, 2.75) is 39.4 Å². The first-order valence-corrected chi connectivity index (χ1v) is 17.5. The Morgan fingerprint density at radius 3 is 2.40 bits per heavy atom. The summed E-state index contributed by atoms with van der Waals surface area (Å²) in [4.78, 5) is 58.5. The van der Waals surface area contributed by atoms with Crippen LogP contribution in [0.4, 0.5) is 40.6 Å². The number of carbonyl (C=O) groups excluding carboxylic acids is 3. The maximum absolute atomic E-state index is 14.5. The van der Waals surface area contributed by atoms with Gasteiger partial charge in [-0.2, -0.15) is 23.5 Å². The summed E-state index contributed by atoms with van der Waals surface area (Å²) in [5, 5.41) is 20.8. The lowest BCUT2D eigenvalue weighted by molar-refractivity contribution is -0.137. The summed E-state index contributed by atoms with van der Waals surface area (Å²) >= 11 is 5.38. The molecule has 3 amide bonds. The van der Waals surface area contributed by atoms with Gasteiger partial charge in [0.2, 0.25) is 5.91 Å². The lowest BCUT2D eigenvalue weighted by atomic mass is 10.0. The van der Waals surface area contributed by atoms with E-state index >= 15 is 0 Å². The number of thiocarbonyl (C=S) groups is 1. The number of alkyl halides is 3. The van der Waals surface area contributed by atoms with E-state index in [-0.39, 0.29) is 34.5 Å². The lowest BCUT2D eigenvalue weighted by Crippen LogP contribution is -2.44. The summed E-state index contributed by atoms with van der Waals surface area (Å²) in [6, 6.07) is 11.7. The van der Waals surface area contributed by atoms with Gasteiger partial charge in [-0.25, -0.2) is 24.3 Å². The molecule has 2 aliphatic heterocycles. The number of hydrogen-bond acceptors (Lipinski definition) is 11. The van der Waals surface area contributed by atoms with E-state index in [0.29, 0.717) is 41.5 Å². The quantitative estimate of drug-likeness (QED) is 0.147. The summed E-state index contributed by atoms with van der Waals surface area (Å²) in [5.74, 6) is -0.383. The van der Waals surface area contributed by atoms with E-state index in [2.05, 4.69) is 40.8 Å². The van der Waals surface area contributed by atoms with Crippen molar-refractivity contribution in [3.8, 4) is 28.8 Å². The van der Waals surface area contributed by atoms with Crippen molar-refractivity contribution in [1.29, 1.82) is 5.26 Å². The highest BCUT2D eigenvalue weighted by molar-refractivity contribution is 7.81. The van der Waals surface area contributed by atoms with Crippen molar-refractivity contribution in [2.24, 2.45) is 0 Å². The Hall–Kier alpha value is -6.88. The number of halogens is 4. The molecule has 292 valence electrons. The molecule has 0 saturated carbocycles. The molecule has 3 N–H and O–H groups in total. The largest absolute Gasteiger partial charge is 0.417 e. The molecule has 3 aromatic heterocycles. The van der Waals surface area contributed by atoms with Crippen LogP contribution in [0.25, 0.3) is 22.8 Å². The van der Waals surface area contributed by atoms with Crippen molar-refractivity contribution < 1.29 is 31.9 Å². The van der Waals surface area contributed by atoms with Gasteiger partial charge >= 0.3 is 6.18 Å². The Balaban J connectivity index is 0.000000198. The molecule has 0 spiro atoms. The number of nitriles is 1. The van der Waals surface area contributed by atoms with Crippen LogP contribution in [-0.4, -0.2) is 78.6 Å². The highest BCUT2D eigenvalue weighted by Gasteiger charge is 2.51. The van der Waals surface area contributed by atoms with E-state index in [1.807, 2.05) is 26.0 Å². The van der Waals surface area contributed by atoms with Crippen LogP contribution >= 0.6 is 12.2 Å². The van der Waals surface area contributed by atoms with Crippen LogP contribution in [0, 0.1) is 24.1 Å². The molecule has 20 heteroatoms. The number of pyridine rings is 1. The van der Waals surface area contributed by atoms with Gasteiger partial charge in [0.15, 0.2) is 22.6 Å². The maximum Gasteiger partial charge on any atom is 0.417 e. The molecule has 57 heavy (non-hydrogen) atoms. The first-order chi connectivity index (χ1) is 27.0. The van der Waals surface area contributed by atoms with Gasteiger partial charge in [-0.3, -0.25) is 29.3 Å². The van der Waals surface area contributed by atoms with Crippen LogP contribution in [0.3, 0.4) is 0 Å². The number of rotatable bonds is 6. The van der Waals surface area contributed by atoms with Crippen LogP contribution in [0.1, 0.15) is 48.0 Å². The molecule has 1 fully saturated rings. The fraction of sp³-hybridized carbons (Fsp3) is 0.243. The number of fused-ring (bicyclic) bond motifs is 1. The van der Waals surface area contributed by atoms with Gasteiger partial charge in [0, 0.05) is 30.5 Å². The third-order valence-corrected chi connectivity index (χ3v) is 9.46. The average Bonchev–Trinajstić information content (AvgIpc) is 3.78. The molecule has 0 atom stereocenters. The Morgan fingerprint density at radius 1 is 1.05 bits per heavy atom. The van der Waals surface area contributed by atoms with Crippen molar-refractivity contribution in [3.63, 3.8) is 0 Å². The van der Waals surface area contributed by atoms with Gasteiger partial charge in [0.1, 0.15) is 23.4 Å². The molecule has 1 saturated heterocycles. The number of amides is 3. The highest BCUT2D eigenvalue weighted by atomic mass is 32.1. The summed E-state index contributed by atoms with van der Waals surface area (Å²) < 4.78 is 54.7. The number of aromatic nitrogens is 6. The number of H-pyrrole nitrogens is 1. The summed E-state index contributed by atoms with van der Waals surface area (Å²) in [7, 11) is 1.34. The Labute approximate surface area is 327 Å². The second kappa shape index (κ2) is 15.3. The number of carbonyl (C=O) groups is 3. The second-order valence-electron chi connectivity index (χ2n) is 13.0. The minimum atomic E-state index is -4.82. The van der Waals surface area contributed by atoms with E-state index in [4.69, 9.17) is 17.5 Å². The standard InChI is InChI=1S/C21H16F4N4O2S.C16H16N8O/c1-20(2)18(31)28(12-5-4-11(10-26)15(8-12)21(23,24)25)19(32)29(20)13-6-7-14(16(22)9-13)17(30)27-3;1-3-24-13(25)7-18-15-16(24)22-12(6-17-15)10-4-5-11(21-9(10)2)14-19-8-20-23-14/h4-9H,1-3H3,(H,27,30);4-6,8H,3,7H2,1-2H3,(H,17,18)(H,19,20,23). The van der Waals surface area contributed by atoms with Crippen LogP contribution in [0.15, 0.2) is 61.1 Å². The van der Waals surface area contributed by atoms with Crippen LogP contribution in [0.5, 0.6) is 0 Å². The summed E-state index contributed by atoms with van der Waals surface area (Å²) in [6.45, 7) is 7.58. The Kier molecular flexibility index (Phi) is 10.7. The van der Waals surface area contributed by atoms with Crippen molar-refractivity contribution in [1.82, 2.24) is 35.5 Å². The first kappa shape index (κ1) is 39.8. The minimum absolute atomic E-state index is 0.0167. The average molecular weight is 801 g/mol. The van der Waals surface area contributed by atoms with E-state index < -0.39 is 40.5 Å². The number of benzene rings is 2. The zero-order valence-electron chi connectivity index (χ0n) is 30.9. The molecule has 2 aromatic carbocycles. The summed E-state index contributed by atoms with van der Waals surface area (Å²) in [6.07, 6.45) is -1.69. The van der Waals surface area contributed by atoms with Gasteiger partial charge in [0.05, 0.1) is 46.9 Å². The van der Waals surface area contributed by atoms with E-state index in [1.165, 1.54) is 56.4 Å². The van der Waals surface area contributed by atoms with E-state index in [0.717, 1.165) is 28.3 Å². The monoisotopic (exact) mass is 800 g/mol. The van der Waals surface area contributed by atoms with E-state index in [1.54, 1.807) is 11.1 Å². The Morgan fingerprint density at radius 2 is 1.79 bits per heavy atom. The molecule has 0 bridgehead atoms. The predicted molar refractivity (Wildman–Crippen MR) is 204 cm³/mol. The van der Waals surface area contributed by atoms with Gasteiger partial charge in [-0.1, -0.05) is 0 Å². The molecule has 0 aliphatic carbocycles. The minimum Gasteiger partial charge on any atom is -0.358 e. The fourth-order valence-electron chi connectivity index (χ4n) is 6.23. The number of aryl methyl sites for hydroxylation is 1. The van der Waals surface area contributed by atoms with Crippen LogP contribution in [0.2, 0.25) is 0 Å². The van der Waals surface area contributed by atoms with Gasteiger partial charge in [-0.15, -0.1) is 0 Å². The van der Waals surface area contributed by atoms with Gasteiger partial charge in [0.25, 0.3) is 11.8 Å². The number of hydrogen-bond donors (Lipinski definition) is 3. The molecule has 5 aromatic rings. The van der Waals surface area contributed by atoms with Crippen molar-refractivity contribution >= 4 is 58.1 Å². The number of likely N-dealkylation sites (N-methyl/N-ethyl adjacent to an activating group) is 1. The van der Waals surface area contributed by atoms with Crippen LogP contribution < -0.4 is 25.3 Å². The number of nitrogens with one attached hydrogen (secondary N) is 3. The molecule has 0 radical (unpaired) electrons. The van der Waals surface area contributed by atoms with Gasteiger partial charge in [-0.05, 0) is 88.4 Å². The molecule has 15 nitrogen and oxygen atoms in total. The third kappa shape index (κ3) is 7.43. The predicted octanol–water partition coefficient (Wildman–Crippen LogP) is 5.40. The van der Waals surface area contributed by atoms with Crippen molar-refractivity contribution in [2.75, 3.05) is 40.2 Å². The molecule has 0 unspecified atom stereocenters. The lowest BCUT2D eigenvalue weighted by Gasteiger charge is -2.29. The summed E-state index contributed by atoms with van der Waals surface area (Å²) in [5.41, 5.74) is -0.399. The number of anilines is 4. The number of aromatic amines is 1. The normalized spacial score (nSPS) is 14.7. The van der Waals surface area contributed by atoms with Crippen molar-refractivity contribution in [3.05, 3.63) is 89.3 Å². The zero-order chi connectivity index (χ0) is 41.4. The maximum atomic E-state index is 14.5. The highest BCUT2D eigenvalue weighted by Crippen LogP contribution is 2.40. The Bertz CT molecular complexity index is 2470. The number of nitrogens with zero attached hydrogens (tertiary/aromatic N) is 9. The SMILES string of the molecule is CCN1C(=O)CNc2ncc(-c3ccc(-c4ncn[nH]4)nc3C)nc21.CNC(=O)c1ccc(N2C(=S)N(c3ccc(C#N)c(C(F)(F)F)c3)C(=O)C2(C)C)cc1F. The van der Waals surface area contributed by atoms with Gasteiger partial charge < -0.3 is 15.5 Å². The molecule has 2 aliphatic rings. The first-order valence-electron chi connectivity index (χ1n) is 17.1. The molecule has 7 rings (SSSR count). The topological polar surface area (TPSA) is 189 Å².